The molecular formula is C17H17FN2O4. The van der Waals surface area contributed by atoms with Crippen molar-refractivity contribution in [2.24, 2.45) is 0 Å². The summed E-state index contributed by atoms with van der Waals surface area (Å²) in [6.45, 7) is 3.65. The number of non-ortho nitro benzene ring substituents is 1. The van der Waals surface area contributed by atoms with Gasteiger partial charge < -0.3 is 10.1 Å². The molecule has 0 spiro atoms. The Balaban J connectivity index is 2.15. The smallest absolute Gasteiger partial charge is 0.271 e. The largest absolute Gasteiger partial charge is 0.481 e. The van der Waals surface area contributed by atoms with Crippen LogP contribution in [0.3, 0.4) is 0 Å². The highest BCUT2D eigenvalue weighted by Gasteiger charge is 2.21. The van der Waals surface area contributed by atoms with Gasteiger partial charge in [0.25, 0.3) is 11.6 Å². The summed E-state index contributed by atoms with van der Waals surface area (Å²) < 4.78 is 19.4. The van der Waals surface area contributed by atoms with Gasteiger partial charge in [0.1, 0.15) is 11.6 Å². The third-order valence-electron chi connectivity index (χ3n) is 3.35. The van der Waals surface area contributed by atoms with E-state index >= 15 is 0 Å². The Labute approximate surface area is 138 Å². The van der Waals surface area contributed by atoms with E-state index < -0.39 is 22.8 Å². The molecule has 1 amide bonds. The number of nitrogens with zero attached hydrogens (tertiary/aromatic N) is 1. The molecule has 126 valence electrons. The molecule has 0 aromatic heterocycles. The Hall–Kier alpha value is -2.96. The minimum absolute atomic E-state index is 0.250. The van der Waals surface area contributed by atoms with Crippen LogP contribution >= 0.6 is 0 Å². The molecule has 0 unspecified atom stereocenters. The summed E-state index contributed by atoms with van der Waals surface area (Å²) in [5, 5.41) is 13.1. The summed E-state index contributed by atoms with van der Waals surface area (Å²) in [5.74, 6) is -0.797. The first kappa shape index (κ1) is 17.4. The lowest BCUT2D eigenvalue weighted by molar-refractivity contribution is -0.384. The highest BCUT2D eigenvalue weighted by atomic mass is 19.1. The fraction of sp³-hybridized carbons (Fsp3) is 0.235. The number of ether oxygens (including phenoxy) is 1. The van der Waals surface area contributed by atoms with Crippen molar-refractivity contribution in [3.8, 4) is 5.75 Å². The number of nitro benzene ring substituents is 1. The average Bonchev–Trinajstić information content (AvgIpc) is 2.54. The van der Waals surface area contributed by atoms with Gasteiger partial charge in [-0.25, -0.2) is 4.39 Å². The molecule has 0 aliphatic carbocycles. The van der Waals surface area contributed by atoms with Crippen molar-refractivity contribution in [1.29, 1.82) is 0 Å². The number of nitrogens with one attached hydrogen (secondary N) is 1. The number of nitro groups is 1. The maximum Gasteiger partial charge on any atom is 0.271 e. The van der Waals surface area contributed by atoms with Gasteiger partial charge in [-0.15, -0.1) is 0 Å². The van der Waals surface area contributed by atoms with Crippen molar-refractivity contribution >= 4 is 17.3 Å². The molecule has 0 heterocycles. The van der Waals surface area contributed by atoms with Crippen LogP contribution in [0.5, 0.6) is 5.75 Å². The lowest BCUT2D eigenvalue weighted by Gasteiger charge is -2.17. The predicted molar refractivity (Wildman–Crippen MR) is 87.6 cm³/mol. The number of aryl methyl sites for hydroxylation is 1. The average molecular weight is 332 g/mol. The van der Waals surface area contributed by atoms with Crippen molar-refractivity contribution in [3.63, 3.8) is 0 Å². The van der Waals surface area contributed by atoms with Gasteiger partial charge in [-0.3, -0.25) is 14.9 Å². The highest BCUT2D eigenvalue weighted by Crippen LogP contribution is 2.22. The Morgan fingerprint density at radius 3 is 2.71 bits per heavy atom. The maximum atomic E-state index is 13.8. The van der Waals surface area contributed by atoms with Gasteiger partial charge in [-0.05, 0) is 37.1 Å². The Morgan fingerprint density at radius 1 is 1.33 bits per heavy atom. The first-order valence-corrected chi connectivity index (χ1v) is 7.39. The van der Waals surface area contributed by atoms with Gasteiger partial charge in [-0.1, -0.05) is 19.1 Å². The molecule has 6 nitrogen and oxygen atoms in total. The van der Waals surface area contributed by atoms with Crippen LogP contribution < -0.4 is 10.1 Å². The molecule has 2 aromatic rings. The van der Waals surface area contributed by atoms with Gasteiger partial charge >= 0.3 is 0 Å². The van der Waals surface area contributed by atoms with Crippen LogP contribution in [0.4, 0.5) is 15.8 Å². The van der Waals surface area contributed by atoms with Crippen molar-refractivity contribution in [2.75, 3.05) is 5.32 Å². The number of benzene rings is 2. The van der Waals surface area contributed by atoms with Crippen LogP contribution in [-0.4, -0.2) is 16.9 Å². The number of hydrogen-bond donors (Lipinski definition) is 1. The van der Waals surface area contributed by atoms with Crippen molar-refractivity contribution < 1.29 is 18.8 Å². The monoisotopic (exact) mass is 332 g/mol. The van der Waals surface area contributed by atoms with E-state index in [4.69, 9.17) is 4.74 Å². The number of hydrogen-bond acceptors (Lipinski definition) is 4. The van der Waals surface area contributed by atoms with Gasteiger partial charge in [0.15, 0.2) is 6.10 Å². The number of amides is 1. The normalized spacial score (nSPS) is 11.6. The second kappa shape index (κ2) is 7.54. The maximum absolute atomic E-state index is 13.8. The SMILES string of the molecule is CC[C@H](Oc1cccc(C)c1)C(=O)Nc1cc([N+](=O)[O-])ccc1F. The summed E-state index contributed by atoms with van der Waals surface area (Å²) in [5.41, 5.74) is 0.423. The number of carbonyl (C=O) groups excluding carboxylic acids is 1. The standard InChI is InChI=1S/C17H17FN2O4/c1-3-16(24-13-6-4-5-11(2)9-13)17(21)19-15-10-12(20(22)23)7-8-14(15)18/h4-10,16H,3H2,1-2H3,(H,19,21)/t16-/m0/s1. The topological polar surface area (TPSA) is 81.5 Å². The van der Waals surface area contributed by atoms with E-state index in [0.717, 1.165) is 23.8 Å². The van der Waals surface area contributed by atoms with Crippen LogP contribution in [0.15, 0.2) is 42.5 Å². The molecule has 7 heteroatoms. The van der Waals surface area contributed by atoms with Crippen molar-refractivity contribution in [1.82, 2.24) is 0 Å². The van der Waals surface area contributed by atoms with Crippen LogP contribution in [0.25, 0.3) is 0 Å². The van der Waals surface area contributed by atoms with Crippen LogP contribution in [-0.2, 0) is 4.79 Å². The van der Waals surface area contributed by atoms with Crippen molar-refractivity contribution in [3.05, 3.63) is 64.0 Å². The van der Waals surface area contributed by atoms with E-state index in [9.17, 15) is 19.3 Å². The lowest BCUT2D eigenvalue weighted by atomic mass is 10.2. The lowest BCUT2D eigenvalue weighted by Crippen LogP contribution is -2.32. The van der Waals surface area contributed by atoms with E-state index in [1.807, 2.05) is 13.0 Å². The van der Waals surface area contributed by atoms with E-state index in [1.54, 1.807) is 25.1 Å². The summed E-state index contributed by atoms with van der Waals surface area (Å²) in [6, 6.07) is 10.1. The Morgan fingerprint density at radius 2 is 2.08 bits per heavy atom. The number of anilines is 1. The third-order valence-corrected chi connectivity index (χ3v) is 3.35. The number of rotatable bonds is 6. The predicted octanol–water partition coefficient (Wildman–Crippen LogP) is 3.84. The zero-order valence-electron chi connectivity index (χ0n) is 13.3. The molecule has 0 radical (unpaired) electrons. The zero-order valence-corrected chi connectivity index (χ0v) is 13.3. The van der Waals surface area contributed by atoms with E-state index in [1.165, 1.54) is 0 Å². The second-order valence-electron chi connectivity index (χ2n) is 5.24. The summed E-state index contributed by atoms with van der Waals surface area (Å²) >= 11 is 0. The van der Waals surface area contributed by atoms with Crippen molar-refractivity contribution in [2.45, 2.75) is 26.4 Å². The molecule has 1 atom stereocenters. The minimum atomic E-state index is -0.842. The van der Waals surface area contributed by atoms with E-state index in [0.29, 0.717) is 12.2 Å². The molecule has 0 bridgehead atoms. The first-order chi connectivity index (χ1) is 11.4. The summed E-state index contributed by atoms with van der Waals surface area (Å²) in [7, 11) is 0. The quantitative estimate of drug-likeness (QED) is 0.644. The number of halogens is 1. The van der Waals surface area contributed by atoms with Gasteiger partial charge in [0.2, 0.25) is 0 Å². The van der Waals surface area contributed by atoms with Crippen LogP contribution in [0.2, 0.25) is 0 Å². The molecule has 0 saturated heterocycles. The van der Waals surface area contributed by atoms with Gasteiger partial charge in [0, 0.05) is 12.1 Å². The molecule has 2 rings (SSSR count). The zero-order chi connectivity index (χ0) is 17.7. The molecule has 0 aliphatic heterocycles. The van der Waals surface area contributed by atoms with Crippen LogP contribution in [0.1, 0.15) is 18.9 Å². The fourth-order valence-corrected chi connectivity index (χ4v) is 2.11. The molecule has 24 heavy (non-hydrogen) atoms. The Bertz CT molecular complexity index is 764. The molecule has 0 aliphatic rings. The van der Waals surface area contributed by atoms with Crippen LogP contribution in [0, 0.1) is 22.9 Å². The second-order valence-corrected chi connectivity index (χ2v) is 5.24. The van der Waals surface area contributed by atoms with Gasteiger partial charge in [0.05, 0.1) is 10.6 Å². The Kier molecular flexibility index (Phi) is 5.47. The molecule has 0 fully saturated rings. The van der Waals surface area contributed by atoms with E-state index in [-0.39, 0.29) is 11.4 Å². The molecule has 2 aromatic carbocycles. The van der Waals surface area contributed by atoms with Gasteiger partial charge in [-0.2, -0.15) is 0 Å². The highest BCUT2D eigenvalue weighted by molar-refractivity contribution is 5.94. The summed E-state index contributed by atoms with van der Waals surface area (Å²) in [6.07, 6.45) is -0.485. The fourth-order valence-electron chi connectivity index (χ4n) is 2.11. The molecule has 0 saturated carbocycles. The minimum Gasteiger partial charge on any atom is -0.481 e. The number of carbonyl (C=O) groups is 1. The summed E-state index contributed by atoms with van der Waals surface area (Å²) in [4.78, 5) is 22.4. The third kappa shape index (κ3) is 4.28. The molecule has 1 N–H and O–H groups in total. The van der Waals surface area contributed by atoms with E-state index in [2.05, 4.69) is 5.32 Å². The molecular weight excluding hydrogens is 315 g/mol. The first-order valence-electron chi connectivity index (χ1n) is 7.39.